The van der Waals surface area contributed by atoms with Gasteiger partial charge in [-0.25, -0.2) is 9.78 Å². The molecule has 1 heterocycles. The van der Waals surface area contributed by atoms with E-state index in [1.54, 1.807) is 12.4 Å². The SMILES string of the molecule is CC(C)(C)OC(=O)NC1CC=C(c2cnc(N)cn2)CC1. The van der Waals surface area contributed by atoms with Gasteiger partial charge < -0.3 is 15.8 Å². The van der Waals surface area contributed by atoms with E-state index in [9.17, 15) is 4.79 Å². The average Bonchev–Trinajstić information content (AvgIpc) is 2.38. The smallest absolute Gasteiger partial charge is 0.407 e. The quantitative estimate of drug-likeness (QED) is 0.873. The number of amides is 1. The molecule has 0 fully saturated rings. The standard InChI is InChI=1S/C15H22N4O2/c1-15(2,3)21-14(20)19-11-6-4-10(5-7-11)12-8-18-13(16)9-17-12/h4,8-9,11H,5-7H2,1-3H3,(H2,16,18)(H,19,20). The normalized spacial score (nSPS) is 18.8. The largest absolute Gasteiger partial charge is 0.444 e. The van der Waals surface area contributed by atoms with Crippen molar-refractivity contribution < 1.29 is 9.53 Å². The van der Waals surface area contributed by atoms with Crippen LogP contribution in [0.25, 0.3) is 5.57 Å². The van der Waals surface area contributed by atoms with Crippen molar-refractivity contribution in [2.24, 2.45) is 0 Å². The minimum atomic E-state index is -0.473. The Labute approximate surface area is 124 Å². The zero-order valence-corrected chi connectivity index (χ0v) is 12.7. The summed E-state index contributed by atoms with van der Waals surface area (Å²) in [6.45, 7) is 5.56. The topological polar surface area (TPSA) is 90.1 Å². The summed E-state index contributed by atoms with van der Waals surface area (Å²) in [4.78, 5) is 20.0. The van der Waals surface area contributed by atoms with Crippen molar-refractivity contribution in [2.75, 3.05) is 5.73 Å². The van der Waals surface area contributed by atoms with Crippen molar-refractivity contribution >= 4 is 17.5 Å². The van der Waals surface area contributed by atoms with Crippen LogP contribution in [0, 0.1) is 0 Å². The fraction of sp³-hybridized carbons (Fsp3) is 0.533. The van der Waals surface area contributed by atoms with E-state index in [-0.39, 0.29) is 12.1 Å². The number of hydrogen-bond donors (Lipinski definition) is 2. The van der Waals surface area contributed by atoms with E-state index in [1.807, 2.05) is 20.8 Å². The average molecular weight is 290 g/mol. The van der Waals surface area contributed by atoms with Crippen LogP contribution < -0.4 is 11.1 Å². The molecule has 6 nitrogen and oxygen atoms in total. The van der Waals surface area contributed by atoms with Gasteiger partial charge in [0.15, 0.2) is 0 Å². The van der Waals surface area contributed by atoms with Crippen LogP contribution in [0.2, 0.25) is 0 Å². The summed E-state index contributed by atoms with van der Waals surface area (Å²) < 4.78 is 5.26. The van der Waals surface area contributed by atoms with Gasteiger partial charge in [0.25, 0.3) is 0 Å². The number of aromatic nitrogens is 2. The number of carbonyl (C=O) groups excluding carboxylic acids is 1. The Kier molecular flexibility index (Phi) is 4.45. The Morgan fingerprint density at radius 3 is 2.67 bits per heavy atom. The van der Waals surface area contributed by atoms with E-state index in [0.717, 1.165) is 30.5 Å². The summed E-state index contributed by atoms with van der Waals surface area (Å²) in [7, 11) is 0. The molecule has 114 valence electrons. The molecule has 0 bridgehead atoms. The Bertz CT molecular complexity index is 532. The van der Waals surface area contributed by atoms with Gasteiger partial charge in [0.1, 0.15) is 11.4 Å². The van der Waals surface area contributed by atoms with E-state index < -0.39 is 5.60 Å². The third kappa shape index (κ3) is 4.73. The second kappa shape index (κ2) is 6.11. The van der Waals surface area contributed by atoms with Gasteiger partial charge >= 0.3 is 6.09 Å². The van der Waals surface area contributed by atoms with Gasteiger partial charge in [-0.15, -0.1) is 0 Å². The highest BCUT2D eigenvalue weighted by Crippen LogP contribution is 2.25. The lowest BCUT2D eigenvalue weighted by atomic mass is 9.93. The highest BCUT2D eigenvalue weighted by Gasteiger charge is 2.21. The summed E-state index contributed by atoms with van der Waals surface area (Å²) in [5.41, 5.74) is 7.05. The third-order valence-electron chi connectivity index (χ3n) is 3.13. The summed E-state index contributed by atoms with van der Waals surface area (Å²) in [6, 6.07) is 0.102. The van der Waals surface area contributed by atoms with E-state index in [4.69, 9.17) is 10.5 Å². The zero-order chi connectivity index (χ0) is 15.5. The van der Waals surface area contributed by atoms with E-state index in [1.165, 1.54) is 0 Å². The highest BCUT2D eigenvalue weighted by atomic mass is 16.6. The van der Waals surface area contributed by atoms with Gasteiger partial charge in [-0.05, 0) is 45.6 Å². The number of nitrogens with two attached hydrogens (primary N) is 1. The lowest BCUT2D eigenvalue weighted by Crippen LogP contribution is -2.39. The van der Waals surface area contributed by atoms with Crippen molar-refractivity contribution in [3.8, 4) is 0 Å². The fourth-order valence-corrected chi connectivity index (χ4v) is 2.18. The fourth-order valence-electron chi connectivity index (χ4n) is 2.18. The van der Waals surface area contributed by atoms with Crippen molar-refractivity contribution in [1.82, 2.24) is 15.3 Å². The van der Waals surface area contributed by atoms with Crippen LogP contribution in [0.5, 0.6) is 0 Å². The summed E-state index contributed by atoms with van der Waals surface area (Å²) >= 11 is 0. The predicted octanol–water partition coefficient (Wildman–Crippen LogP) is 2.52. The summed E-state index contributed by atoms with van der Waals surface area (Å²) in [6.07, 6.45) is 7.43. The number of anilines is 1. The summed E-state index contributed by atoms with van der Waals surface area (Å²) in [5, 5.41) is 2.89. The number of nitrogens with zero attached hydrogens (tertiary/aromatic N) is 2. The van der Waals surface area contributed by atoms with Gasteiger partial charge in [-0.1, -0.05) is 6.08 Å². The molecule has 0 saturated carbocycles. The number of rotatable bonds is 2. The number of ether oxygens (including phenoxy) is 1. The minimum Gasteiger partial charge on any atom is -0.444 e. The monoisotopic (exact) mass is 290 g/mol. The van der Waals surface area contributed by atoms with Crippen LogP contribution in [0.3, 0.4) is 0 Å². The van der Waals surface area contributed by atoms with Gasteiger partial charge in [-0.2, -0.15) is 0 Å². The predicted molar refractivity (Wildman–Crippen MR) is 81.4 cm³/mol. The lowest BCUT2D eigenvalue weighted by Gasteiger charge is -2.25. The second-order valence-corrected chi connectivity index (χ2v) is 6.17. The summed E-state index contributed by atoms with van der Waals surface area (Å²) in [5.74, 6) is 0.416. The van der Waals surface area contributed by atoms with Crippen LogP contribution in [0.1, 0.15) is 45.7 Å². The molecule has 1 amide bonds. The van der Waals surface area contributed by atoms with Gasteiger partial charge in [0.2, 0.25) is 0 Å². The molecule has 1 aromatic rings. The molecule has 1 aliphatic rings. The molecule has 21 heavy (non-hydrogen) atoms. The molecule has 6 heteroatoms. The molecular weight excluding hydrogens is 268 g/mol. The number of allylic oxidation sites excluding steroid dienone is 1. The first-order chi connectivity index (χ1) is 9.83. The Hall–Kier alpha value is -2.11. The van der Waals surface area contributed by atoms with Crippen molar-refractivity contribution in [1.29, 1.82) is 0 Å². The van der Waals surface area contributed by atoms with E-state index in [2.05, 4.69) is 21.4 Å². The first-order valence-electron chi connectivity index (χ1n) is 7.10. The van der Waals surface area contributed by atoms with E-state index in [0.29, 0.717) is 5.82 Å². The molecule has 0 aliphatic heterocycles. The third-order valence-corrected chi connectivity index (χ3v) is 3.13. The molecule has 0 radical (unpaired) electrons. The Balaban J connectivity index is 1.90. The maximum Gasteiger partial charge on any atom is 0.407 e. The second-order valence-electron chi connectivity index (χ2n) is 6.17. The number of carbonyl (C=O) groups is 1. The van der Waals surface area contributed by atoms with Crippen LogP contribution in [-0.2, 0) is 4.74 Å². The number of alkyl carbamates (subject to hydrolysis) is 1. The van der Waals surface area contributed by atoms with Gasteiger partial charge in [0, 0.05) is 6.04 Å². The molecule has 0 spiro atoms. The maximum atomic E-state index is 11.7. The number of nitrogen functional groups attached to an aromatic ring is 1. The molecular formula is C15H22N4O2. The zero-order valence-electron chi connectivity index (χ0n) is 12.7. The number of hydrogen-bond acceptors (Lipinski definition) is 5. The molecule has 1 aliphatic carbocycles. The molecule has 1 unspecified atom stereocenters. The molecule has 0 saturated heterocycles. The van der Waals surface area contributed by atoms with Crippen molar-refractivity contribution in [2.45, 2.75) is 51.7 Å². The van der Waals surface area contributed by atoms with Crippen LogP contribution in [0.15, 0.2) is 18.5 Å². The molecule has 0 aromatic carbocycles. The molecule has 1 aromatic heterocycles. The molecule has 3 N–H and O–H groups in total. The molecule has 2 rings (SSSR count). The highest BCUT2D eigenvalue weighted by molar-refractivity contribution is 5.69. The van der Waals surface area contributed by atoms with Crippen LogP contribution in [0.4, 0.5) is 10.6 Å². The van der Waals surface area contributed by atoms with Crippen LogP contribution in [-0.4, -0.2) is 27.7 Å². The van der Waals surface area contributed by atoms with Gasteiger partial charge in [0.05, 0.1) is 18.1 Å². The van der Waals surface area contributed by atoms with Crippen LogP contribution >= 0.6 is 0 Å². The maximum absolute atomic E-state index is 11.7. The van der Waals surface area contributed by atoms with Crippen molar-refractivity contribution in [3.05, 3.63) is 24.2 Å². The Morgan fingerprint density at radius 1 is 1.38 bits per heavy atom. The van der Waals surface area contributed by atoms with Gasteiger partial charge in [-0.3, -0.25) is 4.98 Å². The lowest BCUT2D eigenvalue weighted by molar-refractivity contribution is 0.0502. The first kappa shape index (κ1) is 15.3. The van der Waals surface area contributed by atoms with Crippen molar-refractivity contribution in [3.63, 3.8) is 0 Å². The minimum absolute atomic E-state index is 0.102. The first-order valence-corrected chi connectivity index (χ1v) is 7.10. The number of nitrogens with one attached hydrogen (secondary N) is 1. The van der Waals surface area contributed by atoms with E-state index >= 15 is 0 Å². The Morgan fingerprint density at radius 2 is 2.14 bits per heavy atom. The molecule has 1 atom stereocenters.